The summed E-state index contributed by atoms with van der Waals surface area (Å²) in [5.41, 5.74) is 5.87. The van der Waals surface area contributed by atoms with Gasteiger partial charge in [0.1, 0.15) is 5.69 Å². The van der Waals surface area contributed by atoms with E-state index in [1.165, 1.54) is 5.69 Å². The van der Waals surface area contributed by atoms with Gasteiger partial charge in [0.05, 0.1) is 11.0 Å². The Balaban J connectivity index is 1.26. The summed E-state index contributed by atoms with van der Waals surface area (Å²) >= 11 is 0. The largest absolute Gasteiger partial charge is 0.369 e. The van der Waals surface area contributed by atoms with E-state index in [1.54, 1.807) is 0 Å². The molecule has 0 saturated carbocycles. The Bertz CT molecular complexity index is 1130. The molecular formula is C23H25N7. The summed E-state index contributed by atoms with van der Waals surface area (Å²) in [5, 5.41) is 10.7. The summed E-state index contributed by atoms with van der Waals surface area (Å²) in [7, 11) is 2.17. The number of anilines is 2. The summed E-state index contributed by atoms with van der Waals surface area (Å²) in [4.78, 5) is 12.7. The van der Waals surface area contributed by atoms with Crippen LogP contribution in [0.3, 0.4) is 0 Å². The smallest absolute Gasteiger partial charge is 0.156 e. The number of benzene rings is 2. The van der Waals surface area contributed by atoms with E-state index in [0.29, 0.717) is 5.82 Å². The van der Waals surface area contributed by atoms with Gasteiger partial charge in [0.2, 0.25) is 0 Å². The van der Waals surface area contributed by atoms with E-state index >= 15 is 0 Å². The second kappa shape index (κ2) is 7.68. The lowest BCUT2D eigenvalue weighted by Crippen LogP contribution is -2.44. The van der Waals surface area contributed by atoms with Crippen LogP contribution in [0.4, 0.5) is 11.5 Å². The predicted octanol–water partition coefficient (Wildman–Crippen LogP) is 3.79. The van der Waals surface area contributed by atoms with Crippen molar-refractivity contribution in [2.45, 2.75) is 0 Å². The summed E-state index contributed by atoms with van der Waals surface area (Å²) in [6, 6.07) is 18.4. The van der Waals surface area contributed by atoms with Crippen molar-refractivity contribution in [3.8, 4) is 11.5 Å². The fourth-order valence-corrected chi connectivity index (χ4v) is 3.75. The first-order chi connectivity index (χ1) is 14.7. The van der Waals surface area contributed by atoms with Gasteiger partial charge in [0.15, 0.2) is 11.6 Å². The van der Waals surface area contributed by atoms with Crippen molar-refractivity contribution >= 4 is 28.2 Å². The molecule has 0 amide bonds. The normalized spacial score (nSPS) is 14.9. The first-order valence-electron chi connectivity index (χ1n) is 10.2. The van der Waals surface area contributed by atoms with Gasteiger partial charge in [-0.2, -0.15) is 5.10 Å². The van der Waals surface area contributed by atoms with Crippen molar-refractivity contribution in [1.29, 1.82) is 0 Å². The summed E-state index contributed by atoms with van der Waals surface area (Å²) in [6.07, 6.45) is 0. The van der Waals surface area contributed by atoms with E-state index < -0.39 is 0 Å². The third-order valence-electron chi connectivity index (χ3n) is 5.59. The van der Waals surface area contributed by atoms with Crippen LogP contribution in [-0.4, -0.2) is 58.3 Å². The number of hydrogen-bond acceptors (Lipinski definition) is 5. The lowest BCUT2D eigenvalue weighted by Gasteiger charge is -2.34. The zero-order valence-electron chi connectivity index (χ0n) is 17.0. The molecule has 7 heteroatoms. The maximum absolute atomic E-state index is 4.61. The van der Waals surface area contributed by atoms with Gasteiger partial charge in [-0.15, -0.1) is 0 Å². The molecule has 1 aliphatic rings. The molecule has 30 heavy (non-hydrogen) atoms. The van der Waals surface area contributed by atoms with Gasteiger partial charge >= 0.3 is 0 Å². The lowest BCUT2D eigenvalue weighted by molar-refractivity contribution is 0.313. The standard InChI is InChI=1S/C23H25N7/c1-16(17-7-9-18(10-8-17)30-13-11-29(2)12-14-30)24-22-15-21(27-28-22)23-25-19-5-3-4-6-20(19)26-23/h3-10,15H,1,11-14H2,2H3,(H,25,26)(H2,24,27,28). The SMILES string of the molecule is C=C(Nc1cc(-c2nc3ccccc3[nH]2)[nH]n1)c1ccc(N2CCN(C)CC2)cc1. The molecule has 3 N–H and O–H groups in total. The molecule has 2 aromatic heterocycles. The first kappa shape index (κ1) is 18.4. The Morgan fingerprint density at radius 1 is 1.03 bits per heavy atom. The molecule has 4 aromatic rings. The number of nitrogens with one attached hydrogen (secondary N) is 3. The van der Waals surface area contributed by atoms with Crippen LogP contribution in [0.1, 0.15) is 5.56 Å². The van der Waals surface area contributed by atoms with Crippen LogP contribution in [-0.2, 0) is 0 Å². The van der Waals surface area contributed by atoms with Crippen LogP contribution < -0.4 is 10.2 Å². The van der Waals surface area contributed by atoms with Crippen LogP contribution in [0.15, 0.2) is 61.2 Å². The Morgan fingerprint density at radius 3 is 2.57 bits per heavy atom. The molecule has 1 aliphatic heterocycles. The number of aromatic amines is 2. The van der Waals surface area contributed by atoms with Crippen LogP contribution >= 0.6 is 0 Å². The third kappa shape index (κ3) is 3.67. The van der Waals surface area contributed by atoms with Crippen LogP contribution in [0, 0.1) is 0 Å². The lowest BCUT2D eigenvalue weighted by atomic mass is 10.1. The minimum absolute atomic E-state index is 0.707. The molecule has 7 nitrogen and oxygen atoms in total. The summed E-state index contributed by atoms with van der Waals surface area (Å²) in [5.74, 6) is 1.47. The van der Waals surface area contributed by atoms with E-state index in [9.17, 15) is 0 Å². The van der Waals surface area contributed by atoms with E-state index in [0.717, 1.165) is 60.0 Å². The van der Waals surface area contributed by atoms with E-state index in [1.807, 2.05) is 30.3 Å². The fourth-order valence-electron chi connectivity index (χ4n) is 3.75. The highest BCUT2D eigenvalue weighted by atomic mass is 15.2. The molecule has 1 saturated heterocycles. The Hall–Kier alpha value is -3.58. The maximum atomic E-state index is 4.61. The highest BCUT2D eigenvalue weighted by molar-refractivity contribution is 5.80. The Labute approximate surface area is 175 Å². The first-order valence-corrected chi connectivity index (χ1v) is 10.2. The van der Waals surface area contributed by atoms with E-state index in [4.69, 9.17) is 0 Å². The predicted molar refractivity (Wildman–Crippen MR) is 122 cm³/mol. The van der Waals surface area contributed by atoms with E-state index in [2.05, 4.69) is 73.2 Å². The molecule has 0 unspecified atom stereocenters. The van der Waals surface area contributed by atoms with Crippen molar-refractivity contribution in [3.63, 3.8) is 0 Å². The van der Waals surface area contributed by atoms with Gasteiger partial charge < -0.3 is 20.1 Å². The number of likely N-dealkylation sites (N-methyl/N-ethyl adjacent to an activating group) is 1. The molecule has 0 atom stereocenters. The topological polar surface area (TPSA) is 75.9 Å². The van der Waals surface area contributed by atoms with Gasteiger partial charge in [0.25, 0.3) is 0 Å². The highest BCUT2D eigenvalue weighted by Gasteiger charge is 2.14. The van der Waals surface area contributed by atoms with Crippen molar-refractivity contribution in [1.82, 2.24) is 25.1 Å². The van der Waals surface area contributed by atoms with Crippen molar-refractivity contribution in [2.75, 3.05) is 43.4 Å². The van der Waals surface area contributed by atoms with Gasteiger partial charge in [-0.25, -0.2) is 4.98 Å². The fraction of sp³-hybridized carbons (Fsp3) is 0.217. The minimum atomic E-state index is 0.707. The third-order valence-corrected chi connectivity index (χ3v) is 5.59. The molecule has 0 aliphatic carbocycles. The number of nitrogens with zero attached hydrogens (tertiary/aromatic N) is 4. The number of H-pyrrole nitrogens is 2. The zero-order valence-corrected chi connectivity index (χ0v) is 17.0. The number of piperazine rings is 1. The Morgan fingerprint density at radius 2 is 1.80 bits per heavy atom. The average molecular weight is 400 g/mol. The molecule has 0 radical (unpaired) electrons. The molecule has 0 bridgehead atoms. The number of aromatic nitrogens is 4. The highest BCUT2D eigenvalue weighted by Crippen LogP contribution is 2.24. The minimum Gasteiger partial charge on any atom is -0.369 e. The van der Waals surface area contributed by atoms with Gasteiger partial charge in [-0.1, -0.05) is 30.8 Å². The van der Waals surface area contributed by atoms with Crippen molar-refractivity contribution in [3.05, 3.63) is 66.7 Å². The molecule has 2 aromatic carbocycles. The molecule has 1 fully saturated rings. The Kier molecular flexibility index (Phi) is 4.72. The maximum Gasteiger partial charge on any atom is 0.156 e. The second-order valence-electron chi connectivity index (χ2n) is 7.71. The number of rotatable bonds is 5. The van der Waals surface area contributed by atoms with Gasteiger partial charge in [-0.3, -0.25) is 5.10 Å². The number of imidazole rings is 1. The number of hydrogen-bond donors (Lipinski definition) is 3. The average Bonchev–Trinajstić information content (AvgIpc) is 3.41. The number of fused-ring (bicyclic) bond motifs is 1. The monoisotopic (exact) mass is 399 g/mol. The van der Waals surface area contributed by atoms with E-state index in [-0.39, 0.29) is 0 Å². The zero-order chi connectivity index (χ0) is 20.5. The van der Waals surface area contributed by atoms with Crippen LogP contribution in [0.2, 0.25) is 0 Å². The van der Waals surface area contributed by atoms with Crippen LogP contribution in [0.5, 0.6) is 0 Å². The van der Waals surface area contributed by atoms with Crippen LogP contribution in [0.25, 0.3) is 28.2 Å². The number of para-hydroxylation sites is 2. The summed E-state index contributed by atoms with van der Waals surface area (Å²) in [6.45, 7) is 8.51. The molecular weight excluding hydrogens is 374 g/mol. The molecule has 0 spiro atoms. The van der Waals surface area contributed by atoms with Crippen molar-refractivity contribution in [2.24, 2.45) is 0 Å². The van der Waals surface area contributed by atoms with Gasteiger partial charge in [0, 0.05) is 43.6 Å². The summed E-state index contributed by atoms with van der Waals surface area (Å²) < 4.78 is 0. The molecule has 5 rings (SSSR count). The quantitative estimate of drug-likeness (QED) is 0.476. The van der Waals surface area contributed by atoms with Crippen molar-refractivity contribution < 1.29 is 0 Å². The molecule has 152 valence electrons. The second-order valence-corrected chi connectivity index (χ2v) is 7.71. The molecule has 3 heterocycles. The van der Waals surface area contributed by atoms with Gasteiger partial charge in [-0.05, 0) is 36.9 Å².